The summed E-state index contributed by atoms with van der Waals surface area (Å²) in [7, 11) is -1.65. The number of hydrogen-bond acceptors (Lipinski definition) is 2. The zero-order valence-corrected chi connectivity index (χ0v) is 10.8. The van der Waals surface area contributed by atoms with Gasteiger partial charge in [0.1, 0.15) is 0 Å². The molecule has 0 bridgehead atoms. The molecule has 86 valence electrons. The van der Waals surface area contributed by atoms with E-state index in [9.17, 15) is 0 Å². The van der Waals surface area contributed by atoms with Crippen LogP contribution in [0.3, 0.4) is 0 Å². The highest BCUT2D eigenvalue weighted by Crippen LogP contribution is 2.24. The Labute approximate surface area is 104 Å². The SMILES string of the molecule is C=C[SiH](N)N(c1ccccc1)c1ccccc1. The molecule has 0 aliphatic heterocycles. The first-order chi connectivity index (χ1) is 8.33. The van der Waals surface area contributed by atoms with Gasteiger partial charge in [-0.1, -0.05) is 42.1 Å². The standard InChI is InChI=1S/C14H16N2Si/c1-2-17(15)16(13-9-5-3-6-10-13)14-11-7-4-8-12-14/h2-12,17H,1,15H2. The minimum absolute atomic E-state index is 1.12. The van der Waals surface area contributed by atoms with Gasteiger partial charge in [0.2, 0.25) is 9.12 Å². The van der Waals surface area contributed by atoms with Crippen molar-refractivity contribution in [1.82, 2.24) is 0 Å². The lowest BCUT2D eigenvalue weighted by molar-refractivity contribution is 1.36. The van der Waals surface area contributed by atoms with E-state index < -0.39 is 9.12 Å². The first-order valence-corrected chi connectivity index (χ1v) is 7.45. The van der Waals surface area contributed by atoms with Crippen molar-refractivity contribution >= 4 is 20.5 Å². The van der Waals surface area contributed by atoms with Gasteiger partial charge < -0.3 is 9.96 Å². The van der Waals surface area contributed by atoms with Crippen LogP contribution in [0.25, 0.3) is 0 Å². The number of rotatable bonds is 4. The minimum atomic E-state index is -1.65. The fraction of sp³-hybridized carbons (Fsp3) is 0. The summed E-state index contributed by atoms with van der Waals surface area (Å²) in [4.78, 5) is 0. The number of nitrogens with zero attached hydrogens (tertiary/aromatic N) is 1. The Morgan fingerprint density at radius 2 is 1.29 bits per heavy atom. The van der Waals surface area contributed by atoms with Gasteiger partial charge >= 0.3 is 0 Å². The molecule has 2 rings (SSSR count). The Morgan fingerprint density at radius 1 is 0.882 bits per heavy atom. The monoisotopic (exact) mass is 240 g/mol. The molecule has 2 nitrogen and oxygen atoms in total. The molecule has 1 unspecified atom stereocenters. The van der Waals surface area contributed by atoms with Crippen molar-refractivity contribution in [2.24, 2.45) is 5.40 Å². The summed E-state index contributed by atoms with van der Waals surface area (Å²) < 4.78 is 2.19. The molecule has 0 radical (unpaired) electrons. The summed E-state index contributed by atoms with van der Waals surface area (Å²) in [5, 5.41) is 6.23. The van der Waals surface area contributed by atoms with E-state index in [-0.39, 0.29) is 0 Å². The van der Waals surface area contributed by atoms with Gasteiger partial charge in [-0.05, 0) is 24.3 Å². The van der Waals surface area contributed by atoms with Gasteiger partial charge in [-0.15, -0.1) is 6.58 Å². The molecule has 0 fully saturated rings. The highest BCUT2D eigenvalue weighted by Gasteiger charge is 2.15. The van der Waals surface area contributed by atoms with Crippen LogP contribution in [-0.2, 0) is 0 Å². The predicted molar refractivity (Wildman–Crippen MR) is 76.6 cm³/mol. The summed E-state index contributed by atoms with van der Waals surface area (Å²) in [6, 6.07) is 20.4. The fourth-order valence-electron chi connectivity index (χ4n) is 1.78. The molecule has 2 aromatic rings. The van der Waals surface area contributed by atoms with Gasteiger partial charge in [0, 0.05) is 11.4 Å². The molecule has 0 spiro atoms. The van der Waals surface area contributed by atoms with Crippen molar-refractivity contribution in [3.8, 4) is 0 Å². The molecule has 0 aromatic heterocycles. The Balaban J connectivity index is 2.43. The van der Waals surface area contributed by atoms with E-state index in [0.717, 1.165) is 11.4 Å². The zero-order chi connectivity index (χ0) is 12.1. The third-order valence-electron chi connectivity index (χ3n) is 2.61. The van der Waals surface area contributed by atoms with Crippen molar-refractivity contribution in [3.05, 3.63) is 72.9 Å². The topological polar surface area (TPSA) is 29.3 Å². The van der Waals surface area contributed by atoms with Crippen molar-refractivity contribution in [3.63, 3.8) is 0 Å². The second kappa shape index (κ2) is 5.47. The fourth-order valence-corrected chi connectivity index (χ4v) is 3.02. The second-order valence-corrected chi connectivity index (χ2v) is 5.74. The van der Waals surface area contributed by atoms with Crippen LogP contribution in [0.4, 0.5) is 11.4 Å². The Bertz CT molecular complexity index is 431. The van der Waals surface area contributed by atoms with Crippen LogP contribution in [0.1, 0.15) is 0 Å². The first kappa shape index (κ1) is 11.6. The summed E-state index contributed by atoms with van der Waals surface area (Å²) in [6.45, 7) is 3.83. The number of anilines is 2. The van der Waals surface area contributed by atoms with Crippen molar-refractivity contribution in [2.75, 3.05) is 4.57 Å². The molecule has 0 heterocycles. The second-order valence-electron chi connectivity index (χ2n) is 3.77. The van der Waals surface area contributed by atoms with Crippen molar-refractivity contribution in [2.45, 2.75) is 0 Å². The molecular weight excluding hydrogens is 224 g/mol. The third kappa shape index (κ3) is 2.64. The van der Waals surface area contributed by atoms with Crippen LogP contribution >= 0.6 is 0 Å². The van der Waals surface area contributed by atoms with E-state index in [4.69, 9.17) is 5.40 Å². The maximum atomic E-state index is 6.23. The lowest BCUT2D eigenvalue weighted by Crippen LogP contribution is -2.42. The lowest BCUT2D eigenvalue weighted by atomic mass is 10.3. The van der Waals surface area contributed by atoms with E-state index in [1.807, 2.05) is 42.1 Å². The lowest BCUT2D eigenvalue weighted by Gasteiger charge is -2.28. The molecule has 0 saturated carbocycles. The van der Waals surface area contributed by atoms with Crippen LogP contribution in [0.2, 0.25) is 0 Å². The van der Waals surface area contributed by atoms with E-state index in [1.54, 1.807) is 0 Å². The summed E-state index contributed by atoms with van der Waals surface area (Å²) >= 11 is 0. The molecule has 0 amide bonds. The van der Waals surface area contributed by atoms with Crippen LogP contribution in [0, 0.1) is 0 Å². The van der Waals surface area contributed by atoms with Gasteiger partial charge in [0.25, 0.3) is 0 Å². The van der Waals surface area contributed by atoms with Crippen LogP contribution < -0.4 is 9.96 Å². The minimum Gasteiger partial charge on any atom is -0.354 e. The summed E-state index contributed by atoms with van der Waals surface area (Å²) in [5.41, 5.74) is 4.12. The van der Waals surface area contributed by atoms with E-state index >= 15 is 0 Å². The highest BCUT2D eigenvalue weighted by atomic mass is 28.3. The Morgan fingerprint density at radius 3 is 1.65 bits per heavy atom. The molecular formula is C14H16N2Si. The molecule has 0 saturated heterocycles. The number of nitrogens with two attached hydrogens (primary N) is 1. The van der Waals surface area contributed by atoms with E-state index in [2.05, 4.69) is 35.4 Å². The quantitative estimate of drug-likeness (QED) is 0.833. The normalized spacial score (nSPS) is 11.8. The highest BCUT2D eigenvalue weighted by molar-refractivity contribution is 6.66. The molecule has 2 aromatic carbocycles. The molecule has 3 heteroatoms. The maximum Gasteiger partial charge on any atom is 0.243 e. The van der Waals surface area contributed by atoms with E-state index in [0.29, 0.717) is 0 Å². The number of benzene rings is 2. The van der Waals surface area contributed by atoms with Crippen LogP contribution in [-0.4, -0.2) is 9.12 Å². The predicted octanol–water partition coefficient (Wildman–Crippen LogP) is 2.73. The number of hydrogen-bond donors (Lipinski definition) is 1. The number of para-hydroxylation sites is 2. The smallest absolute Gasteiger partial charge is 0.243 e. The molecule has 17 heavy (non-hydrogen) atoms. The Kier molecular flexibility index (Phi) is 3.75. The average Bonchev–Trinajstić information content (AvgIpc) is 2.41. The third-order valence-corrected chi connectivity index (χ3v) is 4.28. The van der Waals surface area contributed by atoms with Gasteiger partial charge in [0.05, 0.1) is 0 Å². The summed E-state index contributed by atoms with van der Waals surface area (Å²) in [5.74, 6) is 0. The molecule has 0 aliphatic rings. The Hall–Kier alpha value is -1.84. The zero-order valence-electron chi connectivity index (χ0n) is 9.66. The van der Waals surface area contributed by atoms with Crippen molar-refractivity contribution < 1.29 is 0 Å². The van der Waals surface area contributed by atoms with Crippen molar-refractivity contribution in [1.29, 1.82) is 0 Å². The van der Waals surface area contributed by atoms with Gasteiger partial charge in [-0.3, -0.25) is 0 Å². The molecule has 1 atom stereocenters. The first-order valence-electron chi connectivity index (χ1n) is 5.60. The molecule has 2 N–H and O–H groups in total. The van der Waals surface area contributed by atoms with Crippen LogP contribution in [0.5, 0.6) is 0 Å². The largest absolute Gasteiger partial charge is 0.354 e. The van der Waals surface area contributed by atoms with Gasteiger partial charge in [0.15, 0.2) is 0 Å². The maximum absolute atomic E-state index is 6.23. The average molecular weight is 240 g/mol. The van der Waals surface area contributed by atoms with Gasteiger partial charge in [-0.25, -0.2) is 0 Å². The van der Waals surface area contributed by atoms with Gasteiger partial charge in [-0.2, -0.15) is 0 Å². The van der Waals surface area contributed by atoms with E-state index in [1.165, 1.54) is 0 Å². The van der Waals surface area contributed by atoms with Crippen LogP contribution in [0.15, 0.2) is 72.9 Å². The molecule has 0 aliphatic carbocycles. The summed E-state index contributed by atoms with van der Waals surface area (Å²) in [6.07, 6.45) is 0.